The number of hydrogen-bond acceptors (Lipinski definition) is 7. The molecule has 0 saturated carbocycles. The lowest BCUT2D eigenvalue weighted by Crippen LogP contribution is -2.50. The molecule has 7 N–H and O–H groups in total. The van der Waals surface area contributed by atoms with Gasteiger partial charge < -0.3 is 22.3 Å². The Bertz CT molecular complexity index is 817. The van der Waals surface area contributed by atoms with Crippen LogP contribution in [0.4, 0.5) is 13.2 Å². The first-order valence-electron chi connectivity index (χ1n) is 7.63. The minimum atomic E-state index is -3.56. The number of alkyl halides is 2. The number of nitrogens with two attached hydrogens (primary N) is 3. The molecule has 10 nitrogen and oxygen atoms in total. The summed E-state index contributed by atoms with van der Waals surface area (Å²) in [5, 5.41) is 8.65. The van der Waals surface area contributed by atoms with Gasteiger partial charge in [0.15, 0.2) is 17.5 Å². The Balaban J connectivity index is 0.000000213. The molecule has 3 aliphatic rings. The molecule has 0 radical (unpaired) electrons. The molecule has 28 heavy (non-hydrogen) atoms. The number of carbonyl (C=O) groups excluding carboxylic acids is 3. The van der Waals surface area contributed by atoms with Gasteiger partial charge in [0, 0.05) is 6.42 Å². The van der Waals surface area contributed by atoms with E-state index in [9.17, 15) is 27.6 Å². The maximum Gasteiger partial charge on any atom is 0.329 e. The number of amides is 3. The molecule has 0 aromatic carbocycles. The predicted octanol–water partition coefficient (Wildman–Crippen LogP) is -0.772. The van der Waals surface area contributed by atoms with E-state index in [1.807, 2.05) is 0 Å². The summed E-state index contributed by atoms with van der Waals surface area (Å²) in [7, 11) is 0. The van der Waals surface area contributed by atoms with Crippen LogP contribution in [0, 0.1) is 0 Å². The van der Waals surface area contributed by atoms with Gasteiger partial charge in [0.2, 0.25) is 5.91 Å². The number of rotatable bonds is 0. The quantitative estimate of drug-likeness (QED) is 0.409. The van der Waals surface area contributed by atoms with Crippen molar-refractivity contribution in [2.45, 2.75) is 31.3 Å². The van der Waals surface area contributed by atoms with Gasteiger partial charge in [0.25, 0.3) is 11.8 Å². The van der Waals surface area contributed by atoms with Gasteiger partial charge in [-0.05, 0) is 12.2 Å². The Kier molecular flexibility index (Phi) is 7.74. The third kappa shape index (κ3) is 6.75. The van der Waals surface area contributed by atoms with Crippen LogP contribution in [0.2, 0.25) is 0 Å². The van der Waals surface area contributed by atoms with Crippen LogP contribution in [0.1, 0.15) is 19.3 Å². The van der Waals surface area contributed by atoms with Crippen molar-refractivity contribution in [1.82, 2.24) is 0 Å². The van der Waals surface area contributed by atoms with Crippen molar-refractivity contribution in [2.75, 3.05) is 0 Å². The summed E-state index contributed by atoms with van der Waals surface area (Å²) in [5.74, 6) is -6.66. The van der Waals surface area contributed by atoms with E-state index in [1.54, 1.807) is 12.2 Å². The highest BCUT2D eigenvalue weighted by Gasteiger charge is 2.47. The fraction of sp³-hybridized carbons (Fsp3) is 0.333. The lowest BCUT2D eigenvalue weighted by atomic mass is 10.1. The minimum absolute atomic E-state index is 0.0204. The summed E-state index contributed by atoms with van der Waals surface area (Å²) in [5.41, 5.74) is 14.8. The van der Waals surface area contributed by atoms with Gasteiger partial charge in [0.05, 0.1) is 12.8 Å². The third-order valence-electron chi connectivity index (χ3n) is 3.15. The second-order valence-electron chi connectivity index (χ2n) is 5.42. The van der Waals surface area contributed by atoms with Gasteiger partial charge in [-0.15, -0.1) is 0 Å². The Morgan fingerprint density at radius 3 is 2.04 bits per heavy atom. The van der Waals surface area contributed by atoms with Crippen LogP contribution in [-0.4, -0.2) is 52.4 Å². The second-order valence-corrected chi connectivity index (χ2v) is 5.42. The van der Waals surface area contributed by atoms with E-state index in [0.29, 0.717) is 12.3 Å². The molecule has 0 bridgehead atoms. The van der Waals surface area contributed by atoms with Crippen LogP contribution in [0.3, 0.4) is 0 Å². The molecule has 0 aromatic rings. The summed E-state index contributed by atoms with van der Waals surface area (Å²) in [4.78, 5) is 40.6. The zero-order chi connectivity index (χ0) is 21.5. The van der Waals surface area contributed by atoms with Crippen molar-refractivity contribution in [3.63, 3.8) is 0 Å². The first-order chi connectivity index (χ1) is 12.9. The third-order valence-corrected chi connectivity index (χ3v) is 3.15. The molecule has 13 heteroatoms. The number of dihydropyridines is 2. The summed E-state index contributed by atoms with van der Waals surface area (Å²) in [6.07, 6.45) is 2.14. The first-order valence-corrected chi connectivity index (χ1v) is 7.63. The Morgan fingerprint density at radius 2 is 1.61 bits per heavy atom. The summed E-state index contributed by atoms with van der Waals surface area (Å²) < 4.78 is 37.2. The van der Waals surface area contributed by atoms with Crippen LogP contribution in [0.25, 0.3) is 0 Å². The Labute approximate surface area is 156 Å². The molecule has 1 atom stereocenters. The van der Waals surface area contributed by atoms with E-state index in [0.717, 1.165) is 6.08 Å². The molecular formula is C15H17F3N6O4. The zero-order valence-electron chi connectivity index (χ0n) is 14.3. The Hall–Kier alpha value is -3.35. The van der Waals surface area contributed by atoms with E-state index in [2.05, 4.69) is 15.0 Å². The van der Waals surface area contributed by atoms with Crippen molar-refractivity contribution in [3.8, 4) is 0 Å². The van der Waals surface area contributed by atoms with Crippen LogP contribution < -0.4 is 17.2 Å². The van der Waals surface area contributed by atoms with Gasteiger partial charge in [0.1, 0.15) is 11.9 Å². The number of carbonyl (C=O) groups is 3. The number of hydrogen-bond donors (Lipinski definition) is 4. The van der Waals surface area contributed by atoms with Crippen molar-refractivity contribution in [1.29, 1.82) is 0 Å². The highest BCUT2D eigenvalue weighted by atomic mass is 19.3. The predicted molar refractivity (Wildman–Crippen MR) is 93.0 cm³/mol. The highest BCUT2D eigenvalue weighted by molar-refractivity contribution is 6.05. The standard InChI is InChI=1S/C5H6F2N2O2.C5H5FN2O.C5H6N2O/c6-5(7)2(10)1-3(11)9-4(5)8;6-3-1-2-4(9)8-5(3)7;6-4-2-1-3-5(8)7-4/h2,10H,1H2,(H2,8,9,11);1H,2H2,(H2,7,8,9);1-2H,3H2,(H2,6,7,8). The van der Waals surface area contributed by atoms with Crippen LogP contribution >= 0.6 is 0 Å². The lowest BCUT2D eigenvalue weighted by molar-refractivity contribution is -0.128. The fourth-order valence-electron chi connectivity index (χ4n) is 1.74. The van der Waals surface area contributed by atoms with Gasteiger partial charge in [-0.3, -0.25) is 14.4 Å². The van der Waals surface area contributed by atoms with Crippen LogP contribution in [0.5, 0.6) is 0 Å². The average molecular weight is 402 g/mol. The summed E-state index contributed by atoms with van der Waals surface area (Å²) in [6.45, 7) is 0. The van der Waals surface area contributed by atoms with Crippen molar-refractivity contribution >= 4 is 35.2 Å². The van der Waals surface area contributed by atoms with Crippen molar-refractivity contribution in [3.05, 3.63) is 24.1 Å². The van der Waals surface area contributed by atoms with Crippen LogP contribution in [0.15, 0.2) is 39.0 Å². The first kappa shape index (κ1) is 22.7. The lowest BCUT2D eigenvalue weighted by Gasteiger charge is -2.23. The Morgan fingerprint density at radius 1 is 1.00 bits per heavy atom. The minimum Gasteiger partial charge on any atom is -0.386 e. The van der Waals surface area contributed by atoms with E-state index >= 15 is 0 Å². The molecular weight excluding hydrogens is 385 g/mol. The molecule has 3 rings (SSSR count). The highest BCUT2D eigenvalue weighted by Crippen LogP contribution is 2.25. The van der Waals surface area contributed by atoms with Gasteiger partial charge in [-0.25, -0.2) is 4.39 Å². The van der Waals surface area contributed by atoms with Crippen molar-refractivity contribution < 1.29 is 32.7 Å². The number of halogens is 3. The van der Waals surface area contributed by atoms with E-state index in [-0.39, 0.29) is 18.2 Å². The maximum absolute atomic E-state index is 12.5. The molecule has 3 heterocycles. The topological polar surface area (TPSA) is 187 Å². The summed E-state index contributed by atoms with van der Waals surface area (Å²) in [6, 6.07) is 0. The summed E-state index contributed by atoms with van der Waals surface area (Å²) >= 11 is 0. The van der Waals surface area contributed by atoms with E-state index < -0.39 is 41.9 Å². The molecule has 3 amide bonds. The normalized spacial score (nSPS) is 23.1. The van der Waals surface area contributed by atoms with Crippen molar-refractivity contribution in [2.24, 2.45) is 32.2 Å². The van der Waals surface area contributed by atoms with Gasteiger partial charge >= 0.3 is 5.92 Å². The molecule has 0 fully saturated rings. The number of aliphatic hydroxyl groups excluding tert-OH is 1. The maximum atomic E-state index is 12.5. The average Bonchev–Trinajstić information content (AvgIpc) is 2.58. The largest absolute Gasteiger partial charge is 0.386 e. The number of aliphatic imine (C=N–C) groups is 3. The van der Waals surface area contributed by atoms with E-state index in [4.69, 9.17) is 22.3 Å². The molecule has 0 aliphatic carbocycles. The number of aliphatic hydroxyl groups is 1. The number of amidine groups is 3. The second kappa shape index (κ2) is 9.55. The zero-order valence-corrected chi connectivity index (χ0v) is 14.3. The van der Waals surface area contributed by atoms with Gasteiger partial charge in [-0.1, -0.05) is 6.08 Å². The van der Waals surface area contributed by atoms with Gasteiger partial charge in [-0.2, -0.15) is 23.8 Å². The molecule has 0 spiro atoms. The fourth-order valence-corrected chi connectivity index (χ4v) is 1.74. The monoisotopic (exact) mass is 402 g/mol. The SMILES string of the molecule is NC1=NC(=O)CC(O)C1(F)F.NC1=NC(=O)CC=C1.NC1=NC(=O)CC=C1F. The molecule has 3 aliphatic heterocycles. The molecule has 1 unspecified atom stereocenters. The molecule has 0 aromatic heterocycles. The van der Waals surface area contributed by atoms with E-state index in [1.165, 1.54) is 0 Å². The smallest absolute Gasteiger partial charge is 0.329 e. The molecule has 152 valence electrons. The molecule has 0 saturated heterocycles. The number of nitrogens with zero attached hydrogens (tertiary/aromatic N) is 3. The van der Waals surface area contributed by atoms with Crippen LogP contribution in [-0.2, 0) is 14.4 Å².